The maximum atomic E-state index is 13.1. The first-order valence-electron chi connectivity index (χ1n) is 9.25. The summed E-state index contributed by atoms with van der Waals surface area (Å²) in [6, 6.07) is 9.50. The number of nitrogens with zero attached hydrogens (tertiary/aromatic N) is 1. The number of sulfonamides is 1. The Labute approximate surface area is 180 Å². The van der Waals surface area contributed by atoms with Crippen LogP contribution in [0.15, 0.2) is 41.3 Å². The van der Waals surface area contributed by atoms with Crippen molar-refractivity contribution in [2.75, 3.05) is 24.2 Å². The van der Waals surface area contributed by atoms with Crippen LogP contribution in [-0.2, 0) is 19.6 Å². The van der Waals surface area contributed by atoms with E-state index in [4.69, 9.17) is 16.3 Å². The van der Waals surface area contributed by atoms with E-state index in [-0.39, 0.29) is 23.1 Å². The van der Waals surface area contributed by atoms with Crippen LogP contribution in [-0.4, -0.2) is 44.2 Å². The van der Waals surface area contributed by atoms with Crippen molar-refractivity contribution in [1.29, 1.82) is 0 Å². The SMILES string of the molecule is CC[C@@H]1Oc2cc(S(=O)(=O)N(C)CC(=O)Nc3cccc(Cl)c3)c(C)cc2NC1=O. The van der Waals surface area contributed by atoms with Gasteiger partial charge >= 0.3 is 0 Å². The van der Waals surface area contributed by atoms with Crippen LogP contribution in [0.4, 0.5) is 11.4 Å². The molecule has 1 aliphatic rings. The number of benzene rings is 2. The molecule has 1 aliphatic heterocycles. The minimum Gasteiger partial charge on any atom is -0.478 e. The molecule has 0 unspecified atom stereocenters. The largest absolute Gasteiger partial charge is 0.478 e. The predicted molar refractivity (Wildman–Crippen MR) is 114 cm³/mol. The molecule has 8 nitrogen and oxygen atoms in total. The zero-order valence-electron chi connectivity index (χ0n) is 16.7. The van der Waals surface area contributed by atoms with Crippen molar-refractivity contribution in [1.82, 2.24) is 4.31 Å². The van der Waals surface area contributed by atoms with Crippen molar-refractivity contribution in [2.45, 2.75) is 31.3 Å². The molecule has 10 heteroatoms. The molecule has 2 aromatic carbocycles. The highest BCUT2D eigenvalue weighted by Crippen LogP contribution is 2.35. The molecule has 160 valence electrons. The Morgan fingerprint density at radius 2 is 2.03 bits per heavy atom. The van der Waals surface area contributed by atoms with Crippen molar-refractivity contribution >= 4 is 44.8 Å². The second kappa shape index (κ2) is 8.63. The van der Waals surface area contributed by atoms with Crippen LogP contribution in [0, 0.1) is 6.92 Å². The van der Waals surface area contributed by atoms with Crippen LogP contribution in [0.25, 0.3) is 0 Å². The normalized spacial score (nSPS) is 15.9. The summed E-state index contributed by atoms with van der Waals surface area (Å²) in [5.41, 5.74) is 1.32. The van der Waals surface area contributed by atoms with Crippen LogP contribution in [0.2, 0.25) is 5.02 Å². The van der Waals surface area contributed by atoms with E-state index in [1.165, 1.54) is 13.1 Å². The fourth-order valence-electron chi connectivity index (χ4n) is 3.05. The minimum absolute atomic E-state index is 0.00491. The molecule has 0 aromatic heterocycles. The van der Waals surface area contributed by atoms with Gasteiger partial charge in [-0.1, -0.05) is 24.6 Å². The van der Waals surface area contributed by atoms with Crippen molar-refractivity contribution < 1.29 is 22.7 Å². The molecule has 2 N–H and O–H groups in total. The number of amides is 2. The Bertz CT molecular complexity index is 1100. The molecule has 0 aliphatic carbocycles. The van der Waals surface area contributed by atoms with Gasteiger partial charge in [0.05, 0.1) is 17.1 Å². The maximum Gasteiger partial charge on any atom is 0.265 e. The number of anilines is 2. The molecule has 0 saturated carbocycles. The number of hydrogen-bond acceptors (Lipinski definition) is 5. The Morgan fingerprint density at radius 3 is 2.70 bits per heavy atom. The number of aryl methyl sites for hydroxylation is 1. The number of ether oxygens (including phenoxy) is 1. The lowest BCUT2D eigenvalue weighted by Gasteiger charge is -2.27. The molecule has 1 atom stereocenters. The van der Waals surface area contributed by atoms with Gasteiger partial charge in [0, 0.05) is 23.8 Å². The number of carbonyl (C=O) groups excluding carboxylic acids is 2. The second-order valence-electron chi connectivity index (χ2n) is 6.94. The predicted octanol–water partition coefficient (Wildman–Crippen LogP) is 3.02. The third-order valence-electron chi connectivity index (χ3n) is 4.63. The summed E-state index contributed by atoms with van der Waals surface area (Å²) in [7, 11) is -2.66. The van der Waals surface area contributed by atoms with Crippen molar-refractivity contribution in [3.8, 4) is 5.75 Å². The molecule has 0 fully saturated rings. The Kier molecular flexibility index (Phi) is 6.35. The first-order chi connectivity index (χ1) is 14.1. The molecule has 2 aromatic rings. The highest BCUT2D eigenvalue weighted by atomic mass is 35.5. The third-order valence-corrected chi connectivity index (χ3v) is 6.81. The molecule has 3 rings (SSSR count). The lowest BCUT2D eigenvalue weighted by atomic mass is 10.1. The molecule has 0 spiro atoms. The molecule has 0 bridgehead atoms. The summed E-state index contributed by atoms with van der Waals surface area (Å²) in [5.74, 6) is -0.495. The summed E-state index contributed by atoms with van der Waals surface area (Å²) in [6.45, 7) is 3.03. The fraction of sp³-hybridized carbons (Fsp3) is 0.300. The van der Waals surface area contributed by atoms with Gasteiger partial charge in [0.2, 0.25) is 15.9 Å². The summed E-state index contributed by atoms with van der Waals surface area (Å²) < 4.78 is 32.8. The van der Waals surface area contributed by atoms with Gasteiger partial charge in [0.25, 0.3) is 5.91 Å². The number of nitrogens with one attached hydrogen (secondary N) is 2. The average Bonchev–Trinajstić information content (AvgIpc) is 2.66. The van der Waals surface area contributed by atoms with Crippen molar-refractivity contribution in [3.05, 3.63) is 47.0 Å². The van der Waals surface area contributed by atoms with E-state index >= 15 is 0 Å². The van der Waals surface area contributed by atoms with Crippen LogP contribution >= 0.6 is 11.6 Å². The zero-order chi connectivity index (χ0) is 22.1. The number of carbonyl (C=O) groups is 2. The quantitative estimate of drug-likeness (QED) is 0.702. The van der Waals surface area contributed by atoms with Gasteiger partial charge in [-0.05, 0) is 43.2 Å². The second-order valence-corrected chi connectivity index (χ2v) is 9.39. The van der Waals surface area contributed by atoms with Gasteiger partial charge in [-0.2, -0.15) is 4.31 Å². The van der Waals surface area contributed by atoms with E-state index in [0.29, 0.717) is 28.4 Å². The Hall–Kier alpha value is -2.62. The molecule has 1 heterocycles. The smallest absolute Gasteiger partial charge is 0.265 e. The summed E-state index contributed by atoms with van der Waals surface area (Å²) in [5, 5.41) is 5.80. The van der Waals surface area contributed by atoms with Crippen LogP contribution in [0.5, 0.6) is 5.75 Å². The van der Waals surface area contributed by atoms with Gasteiger partial charge in [-0.3, -0.25) is 9.59 Å². The third kappa shape index (κ3) is 4.58. The highest BCUT2D eigenvalue weighted by Gasteiger charge is 2.31. The van der Waals surface area contributed by atoms with E-state index in [0.717, 1.165) is 4.31 Å². The molecular weight excluding hydrogens is 430 g/mol. The number of likely N-dealkylation sites (N-methyl/N-ethyl adjacent to an activating group) is 1. The standard InChI is InChI=1S/C20H22ClN3O5S/c1-4-16-20(26)23-15-8-12(2)18(10-17(15)29-16)30(27,28)24(3)11-19(25)22-14-7-5-6-13(21)9-14/h5-10,16H,4,11H2,1-3H3,(H,22,25)(H,23,26)/t16-/m0/s1. The summed E-state index contributed by atoms with van der Waals surface area (Å²) in [4.78, 5) is 24.3. The van der Waals surface area contributed by atoms with Crippen LogP contribution in [0.1, 0.15) is 18.9 Å². The number of rotatable bonds is 6. The van der Waals surface area contributed by atoms with Crippen molar-refractivity contribution in [2.24, 2.45) is 0 Å². The summed E-state index contributed by atoms with van der Waals surface area (Å²) >= 11 is 5.90. The van der Waals surface area contributed by atoms with Crippen LogP contribution in [0.3, 0.4) is 0 Å². The first kappa shape index (κ1) is 22.1. The number of hydrogen-bond donors (Lipinski definition) is 2. The highest BCUT2D eigenvalue weighted by molar-refractivity contribution is 7.89. The van der Waals surface area contributed by atoms with Gasteiger partial charge < -0.3 is 15.4 Å². The average molecular weight is 452 g/mol. The molecule has 30 heavy (non-hydrogen) atoms. The van der Waals surface area contributed by atoms with Gasteiger partial charge in [-0.25, -0.2) is 8.42 Å². The topological polar surface area (TPSA) is 105 Å². The van der Waals surface area contributed by atoms with E-state index in [1.807, 2.05) is 0 Å². The van der Waals surface area contributed by atoms with Crippen molar-refractivity contribution in [3.63, 3.8) is 0 Å². The minimum atomic E-state index is -3.98. The van der Waals surface area contributed by atoms with E-state index in [9.17, 15) is 18.0 Å². The maximum absolute atomic E-state index is 13.1. The summed E-state index contributed by atoms with van der Waals surface area (Å²) in [6.07, 6.45) is -0.234. The Morgan fingerprint density at radius 1 is 1.30 bits per heavy atom. The zero-order valence-corrected chi connectivity index (χ0v) is 18.3. The first-order valence-corrected chi connectivity index (χ1v) is 11.1. The van der Waals surface area contributed by atoms with Gasteiger partial charge in [0.15, 0.2) is 6.10 Å². The molecular formula is C20H22ClN3O5S. The van der Waals surface area contributed by atoms with E-state index in [2.05, 4.69) is 10.6 Å². The van der Waals surface area contributed by atoms with Gasteiger partial charge in [0.1, 0.15) is 5.75 Å². The van der Waals surface area contributed by atoms with E-state index in [1.54, 1.807) is 44.2 Å². The molecule has 0 saturated heterocycles. The number of fused-ring (bicyclic) bond motifs is 1. The van der Waals surface area contributed by atoms with Crippen LogP contribution < -0.4 is 15.4 Å². The molecule has 2 amide bonds. The fourth-order valence-corrected chi connectivity index (χ4v) is 4.59. The monoisotopic (exact) mass is 451 g/mol. The lowest BCUT2D eigenvalue weighted by Crippen LogP contribution is -2.37. The number of halogens is 1. The Balaban J connectivity index is 1.80. The molecule has 0 radical (unpaired) electrons. The van der Waals surface area contributed by atoms with Gasteiger partial charge in [-0.15, -0.1) is 0 Å². The lowest BCUT2D eigenvalue weighted by molar-refractivity contribution is -0.123. The van der Waals surface area contributed by atoms with E-state index < -0.39 is 22.0 Å².